The summed E-state index contributed by atoms with van der Waals surface area (Å²) in [6.45, 7) is 0.908. The van der Waals surface area contributed by atoms with Gasteiger partial charge < -0.3 is 10.6 Å². The predicted molar refractivity (Wildman–Crippen MR) is 96.2 cm³/mol. The molecule has 0 aliphatic rings. The van der Waals surface area contributed by atoms with Crippen LogP contribution in [0.25, 0.3) is 0 Å². The van der Waals surface area contributed by atoms with Gasteiger partial charge in [0.2, 0.25) is 5.95 Å². The number of nitrogens with zero attached hydrogens (tertiary/aromatic N) is 3. The Hall–Kier alpha value is -2.99. The molecule has 25 heavy (non-hydrogen) atoms. The van der Waals surface area contributed by atoms with Gasteiger partial charge in [-0.25, -0.2) is 9.97 Å². The van der Waals surface area contributed by atoms with Crippen molar-refractivity contribution >= 4 is 23.5 Å². The van der Waals surface area contributed by atoms with E-state index in [0.29, 0.717) is 29.6 Å². The third-order valence-corrected chi connectivity index (χ3v) is 3.85. The van der Waals surface area contributed by atoms with Crippen LogP contribution in [0.15, 0.2) is 61.2 Å². The van der Waals surface area contributed by atoms with Crippen LogP contribution < -0.4 is 10.6 Å². The van der Waals surface area contributed by atoms with E-state index in [4.69, 9.17) is 11.6 Å². The average Bonchev–Trinajstić information content (AvgIpc) is 2.67. The summed E-state index contributed by atoms with van der Waals surface area (Å²) in [5.74, 6) is 0.199. The molecule has 3 aromatic rings. The molecule has 0 saturated heterocycles. The van der Waals surface area contributed by atoms with Gasteiger partial charge in [0.15, 0.2) is 0 Å². The van der Waals surface area contributed by atoms with Gasteiger partial charge in [-0.05, 0) is 23.3 Å². The zero-order valence-electron chi connectivity index (χ0n) is 13.3. The zero-order valence-corrected chi connectivity index (χ0v) is 14.1. The smallest absolute Gasteiger partial charge is 0.254 e. The van der Waals surface area contributed by atoms with E-state index >= 15 is 0 Å². The number of hydrogen-bond donors (Lipinski definition) is 2. The third kappa shape index (κ3) is 4.74. The largest absolute Gasteiger partial charge is 0.350 e. The van der Waals surface area contributed by atoms with E-state index in [-0.39, 0.29) is 5.91 Å². The lowest BCUT2D eigenvalue weighted by molar-refractivity contribution is 0.0950. The molecule has 3 rings (SSSR count). The maximum absolute atomic E-state index is 12.2. The highest BCUT2D eigenvalue weighted by atomic mass is 35.5. The molecule has 1 amide bonds. The highest BCUT2D eigenvalue weighted by molar-refractivity contribution is 6.31. The first kappa shape index (κ1) is 16.9. The normalized spacial score (nSPS) is 10.3. The molecule has 0 spiro atoms. The number of carbonyl (C=O) groups is 1. The Morgan fingerprint density at radius 1 is 1.00 bits per heavy atom. The monoisotopic (exact) mass is 353 g/mol. The standard InChI is InChI=1S/C18H16ClN5O/c19-16-6-2-1-5-14(16)10-21-17(25)15-11-23-18(24-12-15)22-9-13-4-3-7-20-8-13/h1-8,11-12H,9-10H2,(H,21,25)(H,22,23,24). The van der Waals surface area contributed by atoms with Gasteiger partial charge in [-0.3, -0.25) is 9.78 Å². The van der Waals surface area contributed by atoms with E-state index < -0.39 is 0 Å². The van der Waals surface area contributed by atoms with E-state index in [1.165, 1.54) is 12.4 Å². The number of anilines is 1. The number of pyridine rings is 1. The molecule has 1 aromatic carbocycles. The first-order valence-electron chi connectivity index (χ1n) is 7.69. The Labute approximate surface area is 150 Å². The maximum atomic E-state index is 12.2. The van der Waals surface area contributed by atoms with Crippen LogP contribution >= 0.6 is 11.6 Å². The summed E-state index contributed by atoms with van der Waals surface area (Å²) in [5, 5.41) is 6.50. The number of hydrogen-bond acceptors (Lipinski definition) is 5. The van der Waals surface area contributed by atoms with Gasteiger partial charge in [0, 0.05) is 42.9 Å². The molecule has 126 valence electrons. The summed E-state index contributed by atoms with van der Waals surface area (Å²) < 4.78 is 0. The van der Waals surface area contributed by atoms with Crippen LogP contribution in [0.3, 0.4) is 0 Å². The van der Waals surface area contributed by atoms with E-state index in [1.807, 2.05) is 30.3 Å². The van der Waals surface area contributed by atoms with Crippen molar-refractivity contribution in [3.8, 4) is 0 Å². The van der Waals surface area contributed by atoms with E-state index in [9.17, 15) is 4.79 Å². The Morgan fingerprint density at radius 3 is 2.52 bits per heavy atom. The van der Waals surface area contributed by atoms with E-state index in [0.717, 1.165) is 11.1 Å². The molecule has 2 N–H and O–H groups in total. The van der Waals surface area contributed by atoms with Crippen molar-refractivity contribution in [1.82, 2.24) is 20.3 Å². The average molecular weight is 354 g/mol. The van der Waals surface area contributed by atoms with Gasteiger partial charge in [0.25, 0.3) is 5.91 Å². The lowest BCUT2D eigenvalue weighted by Gasteiger charge is -2.08. The zero-order chi connectivity index (χ0) is 17.5. The summed E-state index contributed by atoms with van der Waals surface area (Å²) in [4.78, 5) is 24.5. The molecule has 0 fully saturated rings. The molecule has 0 aliphatic heterocycles. The summed E-state index contributed by atoms with van der Waals surface area (Å²) in [6, 6.07) is 11.2. The summed E-state index contributed by atoms with van der Waals surface area (Å²) >= 11 is 6.07. The van der Waals surface area contributed by atoms with Crippen molar-refractivity contribution in [2.75, 3.05) is 5.32 Å². The summed E-state index contributed by atoms with van der Waals surface area (Å²) in [7, 11) is 0. The molecule has 0 saturated carbocycles. The number of nitrogens with one attached hydrogen (secondary N) is 2. The summed E-state index contributed by atoms with van der Waals surface area (Å²) in [6.07, 6.45) is 6.46. The van der Waals surface area contributed by atoms with Crippen molar-refractivity contribution in [3.05, 3.63) is 82.9 Å². The van der Waals surface area contributed by atoms with Gasteiger partial charge in [-0.2, -0.15) is 0 Å². The minimum atomic E-state index is -0.251. The van der Waals surface area contributed by atoms with E-state index in [1.54, 1.807) is 18.5 Å². The van der Waals surface area contributed by atoms with Crippen LogP contribution in [0.4, 0.5) is 5.95 Å². The van der Waals surface area contributed by atoms with Crippen molar-refractivity contribution in [2.45, 2.75) is 13.1 Å². The molecule has 6 nitrogen and oxygen atoms in total. The highest BCUT2D eigenvalue weighted by Crippen LogP contribution is 2.14. The van der Waals surface area contributed by atoms with E-state index in [2.05, 4.69) is 25.6 Å². The number of halogens is 1. The van der Waals surface area contributed by atoms with Crippen LogP contribution in [-0.4, -0.2) is 20.9 Å². The quantitative estimate of drug-likeness (QED) is 0.712. The van der Waals surface area contributed by atoms with Crippen LogP contribution in [0.5, 0.6) is 0 Å². The maximum Gasteiger partial charge on any atom is 0.254 e. The first-order chi connectivity index (χ1) is 12.2. The van der Waals surface area contributed by atoms with Crippen LogP contribution in [0.1, 0.15) is 21.5 Å². The van der Waals surface area contributed by atoms with Crippen LogP contribution in [-0.2, 0) is 13.1 Å². The summed E-state index contributed by atoms with van der Waals surface area (Å²) in [5.41, 5.74) is 2.26. The van der Waals surface area contributed by atoms with Gasteiger partial charge in [0.05, 0.1) is 5.56 Å². The second-order valence-corrected chi connectivity index (χ2v) is 5.69. The number of benzene rings is 1. The van der Waals surface area contributed by atoms with Gasteiger partial charge in [-0.1, -0.05) is 35.9 Å². The van der Waals surface area contributed by atoms with Crippen molar-refractivity contribution in [3.63, 3.8) is 0 Å². The molecule has 0 radical (unpaired) electrons. The second-order valence-electron chi connectivity index (χ2n) is 5.28. The molecule has 0 bridgehead atoms. The van der Waals surface area contributed by atoms with Crippen molar-refractivity contribution < 1.29 is 4.79 Å². The minimum Gasteiger partial charge on any atom is -0.350 e. The molecule has 7 heteroatoms. The topological polar surface area (TPSA) is 79.8 Å². The number of carbonyl (C=O) groups excluding carboxylic acids is 1. The fourth-order valence-electron chi connectivity index (χ4n) is 2.14. The fraction of sp³-hybridized carbons (Fsp3) is 0.111. The third-order valence-electron chi connectivity index (χ3n) is 3.48. The van der Waals surface area contributed by atoms with Crippen LogP contribution in [0, 0.1) is 0 Å². The molecule has 0 aliphatic carbocycles. The molecule has 0 atom stereocenters. The predicted octanol–water partition coefficient (Wildman–Crippen LogP) is 3.07. The molecular weight excluding hydrogens is 338 g/mol. The number of rotatable bonds is 6. The van der Waals surface area contributed by atoms with Crippen molar-refractivity contribution in [1.29, 1.82) is 0 Å². The van der Waals surface area contributed by atoms with Gasteiger partial charge in [-0.15, -0.1) is 0 Å². The Morgan fingerprint density at radius 2 is 1.80 bits per heavy atom. The molecule has 2 aromatic heterocycles. The highest BCUT2D eigenvalue weighted by Gasteiger charge is 2.08. The lowest BCUT2D eigenvalue weighted by atomic mass is 10.2. The fourth-order valence-corrected chi connectivity index (χ4v) is 2.34. The van der Waals surface area contributed by atoms with Gasteiger partial charge in [0.1, 0.15) is 0 Å². The van der Waals surface area contributed by atoms with Gasteiger partial charge >= 0.3 is 0 Å². The van der Waals surface area contributed by atoms with Crippen molar-refractivity contribution in [2.24, 2.45) is 0 Å². The molecule has 0 unspecified atom stereocenters. The first-order valence-corrected chi connectivity index (χ1v) is 8.06. The Balaban J connectivity index is 1.54. The minimum absolute atomic E-state index is 0.251. The second kappa shape index (κ2) is 8.21. The Kier molecular flexibility index (Phi) is 5.53. The lowest BCUT2D eigenvalue weighted by Crippen LogP contribution is -2.23. The molecular formula is C18H16ClN5O. The van der Waals surface area contributed by atoms with Crippen LogP contribution in [0.2, 0.25) is 5.02 Å². The number of amides is 1. The Bertz CT molecular complexity index is 840. The molecule has 2 heterocycles. The SMILES string of the molecule is O=C(NCc1ccccc1Cl)c1cnc(NCc2cccnc2)nc1. The number of aromatic nitrogens is 3.